The van der Waals surface area contributed by atoms with E-state index in [2.05, 4.69) is 22.4 Å². The third-order valence-corrected chi connectivity index (χ3v) is 7.02. The fourth-order valence-electron chi connectivity index (χ4n) is 1.84. The summed E-state index contributed by atoms with van der Waals surface area (Å²) in [5, 5.41) is 11.2. The number of amides is 1. The molecule has 0 saturated heterocycles. The van der Waals surface area contributed by atoms with Gasteiger partial charge in [0, 0.05) is 5.75 Å². The van der Waals surface area contributed by atoms with Crippen molar-refractivity contribution in [3.05, 3.63) is 28.2 Å². The second kappa shape index (κ2) is 9.23. The van der Waals surface area contributed by atoms with E-state index in [1.807, 2.05) is 0 Å². The summed E-state index contributed by atoms with van der Waals surface area (Å²) >= 11 is 14.6. The zero-order valence-corrected chi connectivity index (χ0v) is 17.9. The summed E-state index contributed by atoms with van der Waals surface area (Å²) in [7, 11) is -3.71. The van der Waals surface area contributed by atoms with Crippen molar-refractivity contribution in [1.29, 1.82) is 0 Å². The molecular weight excluding hydrogens is 439 g/mol. The van der Waals surface area contributed by atoms with E-state index in [1.54, 1.807) is 11.8 Å². The van der Waals surface area contributed by atoms with E-state index in [9.17, 15) is 13.2 Å². The highest BCUT2D eigenvalue weighted by molar-refractivity contribution is 8.01. The lowest BCUT2D eigenvalue weighted by molar-refractivity contribution is -0.114. The number of nitrogens with one attached hydrogen (secondary N) is 1. The fraction of sp³-hybridized carbons (Fsp3) is 0.357. The minimum Gasteiger partial charge on any atom is -0.299 e. The summed E-state index contributed by atoms with van der Waals surface area (Å²) in [5.74, 6) is 0.367. The Hall–Kier alpha value is -1.07. The molecule has 0 atom stereocenters. The Morgan fingerprint density at radius 3 is 2.65 bits per heavy atom. The molecule has 26 heavy (non-hydrogen) atoms. The average molecular weight is 455 g/mol. The van der Waals surface area contributed by atoms with Gasteiger partial charge in [0.15, 0.2) is 4.34 Å². The van der Waals surface area contributed by atoms with Crippen LogP contribution in [0.4, 0.5) is 10.8 Å². The smallest absolute Gasteiger partial charge is 0.246 e. The van der Waals surface area contributed by atoms with Crippen LogP contribution in [0.2, 0.25) is 10.0 Å². The van der Waals surface area contributed by atoms with Gasteiger partial charge in [-0.1, -0.05) is 53.2 Å². The van der Waals surface area contributed by atoms with E-state index < -0.39 is 22.5 Å². The minimum absolute atomic E-state index is 0.194. The lowest BCUT2D eigenvalue weighted by Crippen LogP contribution is -2.37. The molecule has 0 unspecified atom stereocenters. The van der Waals surface area contributed by atoms with Crippen LogP contribution in [0, 0.1) is 0 Å². The van der Waals surface area contributed by atoms with Crippen LogP contribution < -0.4 is 9.62 Å². The van der Waals surface area contributed by atoms with Gasteiger partial charge in [0.1, 0.15) is 6.54 Å². The maximum Gasteiger partial charge on any atom is 0.246 e. The van der Waals surface area contributed by atoms with Gasteiger partial charge in [-0.25, -0.2) is 8.42 Å². The Labute approximate surface area is 170 Å². The number of aromatic nitrogens is 2. The summed E-state index contributed by atoms with van der Waals surface area (Å²) in [4.78, 5) is 12.3. The third kappa shape index (κ3) is 5.98. The number of carbonyl (C=O) groups is 1. The summed E-state index contributed by atoms with van der Waals surface area (Å²) in [6.07, 6.45) is 2.01. The first-order valence-electron chi connectivity index (χ1n) is 7.39. The molecule has 0 fully saturated rings. The quantitative estimate of drug-likeness (QED) is 0.482. The minimum atomic E-state index is -3.71. The maximum absolute atomic E-state index is 12.3. The standard InChI is InChI=1S/C14H16Cl2N4O3S3/c1-3-6-24-14-19-18-13(25-14)17-12(21)8-20(26(2,22)23)9-4-5-10(15)11(16)7-9/h4-5,7H,3,6,8H2,1-2H3,(H,17,18,21). The molecule has 0 bridgehead atoms. The van der Waals surface area contributed by atoms with Crippen molar-refractivity contribution in [1.82, 2.24) is 10.2 Å². The second-order valence-corrected chi connectivity index (χ2v) is 10.2. The number of sulfonamides is 1. The highest BCUT2D eigenvalue weighted by Crippen LogP contribution is 2.29. The lowest BCUT2D eigenvalue weighted by atomic mass is 10.3. The third-order valence-electron chi connectivity index (χ3n) is 2.96. The predicted molar refractivity (Wildman–Crippen MR) is 108 cm³/mol. The summed E-state index contributed by atoms with van der Waals surface area (Å²) in [6.45, 7) is 1.63. The van der Waals surface area contributed by atoms with Gasteiger partial charge in [0.25, 0.3) is 0 Å². The monoisotopic (exact) mass is 454 g/mol. The lowest BCUT2D eigenvalue weighted by Gasteiger charge is -2.21. The fourth-order valence-corrected chi connectivity index (χ4v) is 4.67. The summed E-state index contributed by atoms with van der Waals surface area (Å²) in [5.41, 5.74) is 0.244. The molecule has 0 saturated carbocycles. The molecule has 0 aliphatic heterocycles. The second-order valence-electron chi connectivity index (χ2n) is 5.14. The number of thioether (sulfide) groups is 1. The van der Waals surface area contributed by atoms with Crippen molar-refractivity contribution in [3.63, 3.8) is 0 Å². The van der Waals surface area contributed by atoms with E-state index >= 15 is 0 Å². The van der Waals surface area contributed by atoms with Gasteiger partial charge >= 0.3 is 0 Å². The largest absolute Gasteiger partial charge is 0.299 e. The maximum atomic E-state index is 12.3. The van der Waals surface area contributed by atoms with Crippen LogP contribution in [0.3, 0.4) is 0 Å². The highest BCUT2D eigenvalue weighted by Gasteiger charge is 2.22. The van der Waals surface area contributed by atoms with Crippen molar-refractivity contribution in [2.24, 2.45) is 0 Å². The molecule has 0 radical (unpaired) electrons. The normalized spacial score (nSPS) is 11.4. The van der Waals surface area contributed by atoms with Gasteiger partial charge in [-0.2, -0.15) is 0 Å². The Morgan fingerprint density at radius 2 is 2.04 bits per heavy atom. The first-order valence-corrected chi connectivity index (χ1v) is 11.8. The molecule has 12 heteroatoms. The first kappa shape index (κ1) is 21.2. The van der Waals surface area contributed by atoms with Crippen LogP contribution in [0.1, 0.15) is 13.3 Å². The van der Waals surface area contributed by atoms with Crippen LogP contribution >= 0.6 is 46.3 Å². The SMILES string of the molecule is CCCSc1nnc(NC(=O)CN(c2ccc(Cl)c(Cl)c2)S(C)(=O)=O)s1. The number of anilines is 2. The van der Waals surface area contributed by atoms with Crippen molar-refractivity contribution in [2.45, 2.75) is 17.7 Å². The topological polar surface area (TPSA) is 92.3 Å². The van der Waals surface area contributed by atoms with Gasteiger partial charge in [-0.3, -0.25) is 14.4 Å². The van der Waals surface area contributed by atoms with Crippen LogP contribution in [0.15, 0.2) is 22.5 Å². The van der Waals surface area contributed by atoms with Gasteiger partial charge in [-0.05, 0) is 24.6 Å². The van der Waals surface area contributed by atoms with Crippen molar-refractivity contribution >= 4 is 73.0 Å². The number of rotatable bonds is 8. The van der Waals surface area contributed by atoms with E-state index in [4.69, 9.17) is 23.2 Å². The van der Waals surface area contributed by atoms with Crippen molar-refractivity contribution in [3.8, 4) is 0 Å². The molecule has 1 aromatic carbocycles. The van der Waals surface area contributed by atoms with Crippen LogP contribution in [0.25, 0.3) is 0 Å². The number of hydrogen-bond acceptors (Lipinski definition) is 7. The zero-order chi connectivity index (χ0) is 19.3. The first-order chi connectivity index (χ1) is 12.2. The average Bonchev–Trinajstić information content (AvgIpc) is 2.99. The van der Waals surface area contributed by atoms with E-state index in [0.717, 1.165) is 27.1 Å². The number of halogens is 2. The molecule has 0 aliphatic rings. The Morgan fingerprint density at radius 1 is 1.31 bits per heavy atom. The Kier molecular flexibility index (Phi) is 7.53. The van der Waals surface area contributed by atoms with E-state index in [-0.39, 0.29) is 10.7 Å². The molecular formula is C14H16Cl2N4O3S3. The molecule has 0 aliphatic carbocycles. The molecule has 1 aromatic heterocycles. The summed E-state index contributed by atoms with van der Waals surface area (Å²) in [6, 6.07) is 4.34. The molecule has 2 aromatic rings. The molecule has 7 nitrogen and oxygen atoms in total. The van der Waals surface area contributed by atoms with Gasteiger partial charge in [0.05, 0.1) is 22.0 Å². The van der Waals surface area contributed by atoms with Crippen LogP contribution in [-0.2, 0) is 14.8 Å². The molecule has 0 spiro atoms. The molecule has 1 heterocycles. The van der Waals surface area contributed by atoms with Gasteiger partial charge < -0.3 is 0 Å². The predicted octanol–water partition coefficient (Wildman–Crippen LogP) is 3.75. The van der Waals surface area contributed by atoms with Gasteiger partial charge in [0.2, 0.25) is 21.1 Å². The molecule has 2 rings (SSSR count). The van der Waals surface area contributed by atoms with E-state index in [1.165, 1.54) is 29.5 Å². The number of carbonyl (C=O) groups excluding carboxylic acids is 1. The van der Waals surface area contributed by atoms with Crippen LogP contribution in [0.5, 0.6) is 0 Å². The molecule has 1 amide bonds. The number of benzene rings is 1. The highest BCUT2D eigenvalue weighted by atomic mass is 35.5. The Bertz CT molecular complexity index is 889. The molecule has 1 N–H and O–H groups in total. The van der Waals surface area contributed by atoms with Gasteiger partial charge in [-0.15, -0.1) is 10.2 Å². The van der Waals surface area contributed by atoms with Crippen molar-refractivity contribution in [2.75, 3.05) is 28.2 Å². The molecule has 142 valence electrons. The Balaban J connectivity index is 2.12. The zero-order valence-electron chi connectivity index (χ0n) is 13.9. The van der Waals surface area contributed by atoms with Crippen LogP contribution in [-0.4, -0.2) is 43.1 Å². The van der Waals surface area contributed by atoms with Crippen molar-refractivity contribution < 1.29 is 13.2 Å². The number of hydrogen-bond donors (Lipinski definition) is 1. The van der Waals surface area contributed by atoms with E-state index in [0.29, 0.717) is 10.2 Å². The number of nitrogens with zero attached hydrogens (tertiary/aromatic N) is 3. The summed E-state index contributed by atoms with van der Waals surface area (Å²) < 4.78 is 25.8.